The molecule has 0 radical (unpaired) electrons. The third-order valence-corrected chi connectivity index (χ3v) is 3.94. The number of amides is 2. The zero-order valence-corrected chi connectivity index (χ0v) is 13.0. The van der Waals surface area contributed by atoms with Crippen LogP contribution < -0.4 is 10.2 Å². The molecule has 0 unspecified atom stereocenters. The van der Waals surface area contributed by atoms with Crippen LogP contribution in [0.5, 0.6) is 0 Å². The van der Waals surface area contributed by atoms with Gasteiger partial charge >= 0.3 is 0 Å². The van der Waals surface area contributed by atoms with Gasteiger partial charge < -0.3 is 10.2 Å². The van der Waals surface area contributed by atoms with Crippen LogP contribution in [0.4, 0.5) is 5.69 Å². The Morgan fingerprint density at radius 3 is 3.00 bits per heavy atom. The van der Waals surface area contributed by atoms with Gasteiger partial charge in [-0.1, -0.05) is 6.07 Å². The van der Waals surface area contributed by atoms with Crippen LogP contribution in [0.1, 0.15) is 36.2 Å². The molecule has 7 nitrogen and oxygen atoms in total. The van der Waals surface area contributed by atoms with Gasteiger partial charge in [-0.2, -0.15) is 5.10 Å². The Hall–Kier alpha value is -2.70. The molecule has 0 spiro atoms. The van der Waals surface area contributed by atoms with Crippen LogP contribution in [0, 0.1) is 0 Å². The first-order valence-corrected chi connectivity index (χ1v) is 7.68. The molecule has 3 rings (SSSR count). The van der Waals surface area contributed by atoms with Crippen molar-refractivity contribution in [3.8, 4) is 0 Å². The summed E-state index contributed by atoms with van der Waals surface area (Å²) in [7, 11) is 0. The molecule has 120 valence electrons. The lowest BCUT2D eigenvalue weighted by Crippen LogP contribution is -2.30. The number of benzene rings is 1. The fourth-order valence-corrected chi connectivity index (χ4v) is 2.62. The molecule has 1 aliphatic heterocycles. The summed E-state index contributed by atoms with van der Waals surface area (Å²) >= 11 is 0. The molecule has 23 heavy (non-hydrogen) atoms. The van der Waals surface area contributed by atoms with E-state index in [1.165, 1.54) is 6.33 Å². The maximum Gasteiger partial charge on any atom is 0.251 e. The second-order valence-corrected chi connectivity index (χ2v) is 5.63. The third-order valence-electron chi connectivity index (χ3n) is 3.94. The highest BCUT2D eigenvalue weighted by Crippen LogP contribution is 2.22. The largest absolute Gasteiger partial charge is 0.350 e. The Bertz CT molecular complexity index is 698. The monoisotopic (exact) mass is 313 g/mol. The summed E-state index contributed by atoms with van der Waals surface area (Å²) in [6, 6.07) is 7.19. The number of carbonyl (C=O) groups is 2. The first-order chi connectivity index (χ1) is 11.1. The molecule has 1 aromatic heterocycles. The normalized spacial score (nSPS) is 15.7. The maximum atomic E-state index is 12.3. The summed E-state index contributed by atoms with van der Waals surface area (Å²) in [5, 5.41) is 6.94. The van der Waals surface area contributed by atoms with Gasteiger partial charge in [-0.05, 0) is 31.5 Å². The second-order valence-electron chi connectivity index (χ2n) is 5.63. The number of nitrogens with zero attached hydrogens (tertiary/aromatic N) is 4. The SMILES string of the molecule is C[C@H](CNC(=O)c1cccc(N2CCCC2=O)c1)n1cncn1. The van der Waals surface area contributed by atoms with Crippen molar-refractivity contribution in [3.05, 3.63) is 42.5 Å². The lowest BCUT2D eigenvalue weighted by atomic mass is 10.1. The quantitative estimate of drug-likeness (QED) is 0.904. The molecule has 1 fully saturated rings. The minimum absolute atomic E-state index is 0.0183. The Morgan fingerprint density at radius 1 is 1.43 bits per heavy atom. The van der Waals surface area contributed by atoms with Crippen molar-refractivity contribution in [2.75, 3.05) is 18.0 Å². The van der Waals surface area contributed by atoms with Gasteiger partial charge in [0.1, 0.15) is 12.7 Å². The first kappa shape index (κ1) is 15.2. The van der Waals surface area contributed by atoms with Crippen LogP contribution in [0.3, 0.4) is 0 Å². The van der Waals surface area contributed by atoms with Crippen LogP contribution in [0.25, 0.3) is 0 Å². The molecular formula is C16H19N5O2. The fraction of sp³-hybridized carbons (Fsp3) is 0.375. The zero-order chi connectivity index (χ0) is 16.2. The molecule has 7 heteroatoms. The molecule has 0 bridgehead atoms. The number of hydrogen-bond acceptors (Lipinski definition) is 4. The van der Waals surface area contributed by atoms with E-state index in [2.05, 4.69) is 15.4 Å². The molecule has 2 heterocycles. The molecule has 1 N–H and O–H groups in total. The summed E-state index contributed by atoms with van der Waals surface area (Å²) in [6.45, 7) is 3.12. The van der Waals surface area contributed by atoms with Gasteiger partial charge in [0.2, 0.25) is 5.91 Å². The average molecular weight is 313 g/mol. The van der Waals surface area contributed by atoms with E-state index in [4.69, 9.17) is 0 Å². The molecule has 0 aliphatic carbocycles. The van der Waals surface area contributed by atoms with Crippen LogP contribution >= 0.6 is 0 Å². The van der Waals surface area contributed by atoms with Gasteiger partial charge in [-0.15, -0.1) is 0 Å². The van der Waals surface area contributed by atoms with Gasteiger partial charge in [0.05, 0.1) is 6.04 Å². The standard InChI is InChI=1S/C16H19N5O2/c1-12(21-11-17-10-19-21)9-18-16(23)13-4-2-5-14(8-13)20-7-3-6-15(20)22/h2,4-5,8,10-12H,3,6-7,9H2,1H3,(H,18,23)/t12-/m1/s1. The van der Waals surface area contributed by atoms with E-state index in [0.29, 0.717) is 25.1 Å². The van der Waals surface area contributed by atoms with Crippen molar-refractivity contribution in [1.29, 1.82) is 0 Å². The Morgan fingerprint density at radius 2 is 2.30 bits per heavy atom. The van der Waals surface area contributed by atoms with Gasteiger partial charge in [0.25, 0.3) is 5.91 Å². The van der Waals surface area contributed by atoms with E-state index in [9.17, 15) is 9.59 Å². The Kier molecular flexibility index (Phi) is 4.36. The van der Waals surface area contributed by atoms with Gasteiger partial charge in [0.15, 0.2) is 0 Å². The molecule has 2 aromatic rings. The molecule has 2 amide bonds. The number of nitrogens with one attached hydrogen (secondary N) is 1. The van der Waals surface area contributed by atoms with Crippen LogP contribution in [-0.4, -0.2) is 39.7 Å². The Labute approximate surface area is 134 Å². The molecular weight excluding hydrogens is 294 g/mol. The van der Waals surface area contributed by atoms with Crippen LogP contribution in [0.2, 0.25) is 0 Å². The lowest BCUT2D eigenvalue weighted by Gasteiger charge is -2.17. The molecule has 1 aliphatic rings. The topological polar surface area (TPSA) is 80.1 Å². The minimum Gasteiger partial charge on any atom is -0.350 e. The molecule has 1 saturated heterocycles. The van der Waals surface area contributed by atoms with E-state index in [1.54, 1.807) is 34.1 Å². The van der Waals surface area contributed by atoms with Gasteiger partial charge in [-0.3, -0.25) is 9.59 Å². The summed E-state index contributed by atoms with van der Waals surface area (Å²) in [5.74, 6) is -0.0483. The number of hydrogen-bond donors (Lipinski definition) is 1. The third kappa shape index (κ3) is 3.39. The highest BCUT2D eigenvalue weighted by atomic mass is 16.2. The van der Waals surface area contributed by atoms with Crippen LogP contribution in [-0.2, 0) is 4.79 Å². The van der Waals surface area contributed by atoms with E-state index in [-0.39, 0.29) is 17.9 Å². The smallest absolute Gasteiger partial charge is 0.251 e. The van der Waals surface area contributed by atoms with Crippen molar-refractivity contribution >= 4 is 17.5 Å². The predicted molar refractivity (Wildman–Crippen MR) is 85.1 cm³/mol. The zero-order valence-electron chi connectivity index (χ0n) is 13.0. The van der Waals surface area contributed by atoms with Crippen molar-refractivity contribution in [2.24, 2.45) is 0 Å². The Balaban J connectivity index is 1.64. The first-order valence-electron chi connectivity index (χ1n) is 7.68. The summed E-state index contributed by atoms with van der Waals surface area (Å²) in [5.41, 5.74) is 1.33. The van der Waals surface area contributed by atoms with E-state index >= 15 is 0 Å². The van der Waals surface area contributed by atoms with Crippen LogP contribution in [0.15, 0.2) is 36.9 Å². The van der Waals surface area contributed by atoms with E-state index in [0.717, 1.165) is 12.1 Å². The minimum atomic E-state index is -0.162. The van der Waals surface area contributed by atoms with Crippen molar-refractivity contribution in [1.82, 2.24) is 20.1 Å². The summed E-state index contributed by atoms with van der Waals surface area (Å²) < 4.78 is 1.69. The van der Waals surface area contributed by atoms with Gasteiger partial charge in [0, 0.05) is 30.8 Å². The molecule has 1 aromatic carbocycles. The van der Waals surface area contributed by atoms with E-state index in [1.807, 2.05) is 13.0 Å². The number of carbonyl (C=O) groups excluding carboxylic acids is 2. The summed E-state index contributed by atoms with van der Waals surface area (Å²) in [4.78, 5) is 29.7. The van der Waals surface area contributed by atoms with Crippen molar-refractivity contribution in [2.45, 2.75) is 25.8 Å². The summed E-state index contributed by atoms with van der Waals surface area (Å²) in [6.07, 6.45) is 4.53. The lowest BCUT2D eigenvalue weighted by molar-refractivity contribution is -0.117. The number of anilines is 1. The highest BCUT2D eigenvalue weighted by Gasteiger charge is 2.22. The van der Waals surface area contributed by atoms with Crippen molar-refractivity contribution < 1.29 is 9.59 Å². The highest BCUT2D eigenvalue weighted by molar-refractivity contribution is 5.99. The number of aromatic nitrogens is 3. The second kappa shape index (κ2) is 6.60. The van der Waals surface area contributed by atoms with Gasteiger partial charge in [-0.25, -0.2) is 9.67 Å². The molecule has 1 atom stereocenters. The number of rotatable bonds is 5. The maximum absolute atomic E-state index is 12.3. The molecule has 0 saturated carbocycles. The van der Waals surface area contributed by atoms with E-state index < -0.39 is 0 Å². The average Bonchev–Trinajstić information content (AvgIpc) is 3.24. The fourth-order valence-electron chi connectivity index (χ4n) is 2.62. The van der Waals surface area contributed by atoms with Crippen molar-refractivity contribution in [3.63, 3.8) is 0 Å². The predicted octanol–water partition coefficient (Wildman–Crippen LogP) is 1.40.